The van der Waals surface area contributed by atoms with Crippen molar-refractivity contribution in [2.24, 2.45) is 11.8 Å². The molecular weight excluding hydrogens is 449 g/mol. The molecule has 0 unspecified atom stereocenters. The van der Waals surface area contributed by atoms with Crippen LogP contribution in [0.5, 0.6) is 0 Å². The molecule has 0 radical (unpaired) electrons. The number of piperidine rings is 1. The lowest BCUT2D eigenvalue weighted by Gasteiger charge is -2.43. The molecule has 3 rings (SSSR count). The Hall–Kier alpha value is -3.10. The smallest absolute Gasteiger partial charge is 0.225 e. The number of halogens is 1. The van der Waals surface area contributed by atoms with Crippen LogP contribution in [0.2, 0.25) is 0 Å². The fraction of sp³-hybridized carbons (Fsp3) is 0.444. The second-order valence-corrected chi connectivity index (χ2v) is 8.95. The predicted molar refractivity (Wildman–Crippen MR) is 132 cm³/mol. The Morgan fingerprint density at radius 2 is 1.69 bits per heavy atom. The van der Waals surface area contributed by atoms with Crippen molar-refractivity contribution < 1.29 is 23.5 Å². The first-order chi connectivity index (χ1) is 16.8. The van der Waals surface area contributed by atoms with Crippen LogP contribution in [0.3, 0.4) is 0 Å². The molecule has 0 spiro atoms. The van der Waals surface area contributed by atoms with Gasteiger partial charge in [-0.3, -0.25) is 19.3 Å². The third-order valence-electron chi connectivity index (χ3n) is 6.59. The van der Waals surface area contributed by atoms with E-state index < -0.39 is 17.8 Å². The Bertz CT molecular complexity index is 1030. The first kappa shape index (κ1) is 26.5. The average Bonchev–Trinajstić information content (AvgIpc) is 2.86. The molecule has 0 aromatic heterocycles. The van der Waals surface area contributed by atoms with E-state index in [-0.39, 0.29) is 30.0 Å². The number of nitrogens with one attached hydrogen (secondary N) is 2. The molecule has 1 heterocycles. The summed E-state index contributed by atoms with van der Waals surface area (Å²) in [6.45, 7) is 5.56. The highest BCUT2D eigenvalue weighted by Crippen LogP contribution is 2.41. The average molecular weight is 484 g/mol. The second-order valence-electron chi connectivity index (χ2n) is 8.95. The van der Waals surface area contributed by atoms with Gasteiger partial charge in [0.1, 0.15) is 5.82 Å². The molecular formula is C27H34FN3O4. The molecule has 3 atom stereocenters. The summed E-state index contributed by atoms with van der Waals surface area (Å²) >= 11 is 0. The maximum atomic E-state index is 14.6. The summed E-state index contributed by atoms with van der Waals surface area (Å²) in [5.41, 5.74) is 1.69. The molecule has 8 heteroatoms. The summed E-state index contributed by atoms with van der Waals surface area (Å²) in [6, 6.07) is 13.9. The minimum atomic E-state index is -0.587. The molecule has 2 aromatic carbocycles. The molecule has 2 amide bonds. The largest absolute Gasteiger partial charge is 0.383 e. The zero-order valence-corrected chi connectivity index (χ0v) is 20.6. The number of hydrogen-bond acceptors (Lipinski definition) is 5. The van der Waals surface area contributed by atoms with Crippen LogP contribution in [0.15, 0.2) is 48.5 Å². The number of benzene rings is 2. The van der Waals surface area contributed by atoms with Gasteiger partial charge in [0.05, 0.1) is 12.5 Å². The van der Waals surface area contributed by atoms with E-state index in [1.165, 1.54) is 13.0 Å². The Balaban J connectivity index is 2.00. The summed E-state index contributed by atoms with van der Waals surface area (Å²) in [5.74, 6) is -2.47. The van der Waals surface area contributed by atoms with Crippen LogP contribution >= 0.6 is 0 Å². The van der Waals surface area contributed by atoms with Crippen molar-refractivity contribution in [3.8, 4) is 0 Å². The number of likely N-dealkylation sites (tertiary alicyclic amines) is 1. The van der Waals surface area contributed by atoms with E-state index in [0.29, 0.717) is 49.5 Å². The number of Topliss-reactive ketones (excluding diaryl/α,β-unsaturated/α-hetero) is 1. The van der Waals surface area contributed by atoms with Crippen LogP contribution in [0.4, 0.5) is 4.39 Å². The summed E-state index contributed by atoms with van der Waals surface area (Å²) in [7, 11) is 1.61. The molecule has 7 nitrogen and oxygen atoms in total. The van der Waals surface area contributed by atoms with Crippen LogP contribution < -0.4 is 10.6 Å². The lowest BCUT2D eigenvalue weighted by Crippen LogP contribution is -2.53. The number of carbonyl (C=O) groups excluding carboxylic acids is 3. The zero-order chi connectivity index (χ0) is 25.4. The highest BCUT2D eigenvalue weighted by atomic mass is 19.1. The fourth-order valence-electron chi connectivity index (χ4n) is 4.82. The number of nitrogens with zero attached hydrogens (tertiary/aromatic N) is 1. The Labute approximate surface area is 206 Å². The number of amides is 2. The first-order valence-corrected chi connectivity index (χ1v) is 11.9. The minimum absolute atomic E-state index is 0.0718. The fourth-order valence-corrected chi connectivity index (χ4v) is 4.82. The Morgan fingerprint density at radius 3 is 2.37 bits per heavy atom. The normalized spacial score (nSPS) is 20.3. The number of ether oxygens (including phenoxy) is 1. The molecule has 1 fully saturated rings. The maximum Gasteiger partial charge on any atom is 0.225 e. The molecule has 0 aliphatic carbocycles. The van der Waals surface area contributed by atoms with Gasteiger partial charge in [0.2, 0.25) is 11.8 Å². The summed E-state index contributed by atoms with van der Waals surface area (Å²) in [6.07, 6.45) is 0. The highest BCUT2D eigenvalue weighted by molar-refractivity contribution is 5.99. The van der Waals surface area contributed by atoms with E-state index in [0.717, 1.165) is 0 Å². The second kappa shape index (κ2) is 12.6. The third kappa shape index (κ3) is 6.74. The predicted octanol–water partition coefficient (Wildman–Crippen LogP) is 2.55. The van der Waals surface area contributed by atoms with Crippen molar-refractivity contribution in [1.29, 1.82) is 0 Å². The molecule has 1 aliphatic heterocycles. The van der Waals surface area contributed by atoms with Crippen molar-refractivity contribution in [3.63, 3.8) is 0 Å². The van der Waals surface area contributed by atoms with E-state index in [9.17, 15) is 18.8 Å². The number of methoxy groups -OCH3 is 1. The Morgan fingerprint density at radius 1 is 1.00 bits per heavy atom. The van der Waals surface area contributed by atoms with Crippen molar-refractivity contribution >= 4 is 17.6 Å². The van der Waals surface area contributed by atoms with Gasteiger partial charge >= 0.3 is 0 Å². The van der Waals surface area contributed by atoms with Crippen LogP contribution in [-0.2, 0) is 14.3 Å². The monoisotopic (exact) mass is 483 g/mol. The van der Waals surface area contributed by atoms with Crippen LogP contribution in [0.1, 0.15) is 34.3 Å². The molecule has 0 saturated carbocycles. The molecule has 1 saturated heterocycles. The van der Waals surface area contributed by atoms with Gasteiger partial charge in [-0.15, -0.1) is 0 Å². The van der Waals surface area contributed by atoms with E-state index >= 15 is 0 Å². The molecule has 1 aliphatic rings. The van der Waals surface area contributed by atoms with Gasteiger partial charge in [0.15, 0.2) is 5.78 Å². The molecule has 188 valence electrons. The SMILES string of the molecule is COCCN1C[C@H](C(=O)c2ccccc2)[C@@H](c2cccc(F)c2C)[C@H](C(=O)NCCNC(C)=O)C1. The standard InChI is InChI=1S/C27H34FN3O4/c1-18-21(10-7-11-24(18)28)25-22(26(33)20-8-5-4-6-9-20)16-31(14-15-35-3)17-23(25)27(34)30-13-12-29-19(2)32/h4-11,22-23,25H,12-17H2,1-3H3,(H,29,32)(H,30,34)/t22-,23+,25+/m0/s1. The van der Waals surface area contributed by atoms with Gasteiger partial charge in [-0.25, -0.2) is 4.39 Å². The number of carbonyl (C=O) groups is 3. The summed E-state index contributed by atoms with van der Waals surface area (Å²) in [5, 5.41) is 5.57. The molecule has 35 heavy (non-hydrogen) atoms. The van der Waals surface area contributed by atoms with Crippen LogP contribution in [0.25, 0.3) is 0 Å². The third-order valence-corrected chi connectivity index (χ3v) is 6.59. The van der Waals surface area contributed by atoms with Gasteiger partial charge in [-0.05, 0) is 24.1 Å². The van der Waals surface area contributed by atoms with Crippen molar-refractivity contribution in [2.45, 2.75) is 19.8 Å². The lowest BCUT2D eigenvalue weighted by atomic mass is 9.69. The summed E-state index contributed by atoms with van der Waals surface area (Å²) in [4.78, 5) is 40.5. The van der Waals surface area contributed by atoms with Crippen LogP contribution in [-0.4, -0.2) is 68.9 Å². The van der Waals surface area contributed by atoms with Gasteiger partial charge in [-0.1, -0.05) is 42.5 Å². The van der Waals surface area contributed by atoms with Gasteiger partial charge in [0, 0.05) is 64.2 Å². The zero-order valence-electron chi connectivity index (χ0n) is 20.6. The number of hydrogen-bond donors (Lipinski definition) is 2. The number of ketones is 1. The first-order valence-electron chi connectivity index (χ1n) is 11.9. The number of rotatable bonds is 10. The molecule has 2 N–H and O–H groups in total. The van der Waals surface area contributed by atoms with Gasteiger partial charge in [0.25, 0.3) is 0 Å². The highest BCUT2D eigenvalue weighted by Gasteiger charge is 2.45. The maximum absolute atomic E-state index is 14.6. The topological polar surface area (TPSA) is 87.7 Å². The summed E-state index contributed by atoms with van der Waals surface area (Å²) < 4.78 is 19.9. The van der Waals surface area contributed by atoms with Gasteiger partial charge < -0.3 is 15.4 Å². The van der Waals surface area contributed by atoms with E-state index in [4.69, 9.17) is 4.74 Å². The van der Waals surface area contributed by atoms with E-state index in [2.05, 4.69) is 15.5 Å². The van der Waals surface area contributed by atoms with Crippen LogP contribution in [0, 0.1) is 24.6 Å². The Kier molecular flexibility index (Phi) is 9.51. The van der Waals surface area contributed by atoms with E-state index in [1.807, 2.05) is 24.3 Å². The quantitative estimate of drug-likeness (QED) is 0.401. The van der Waals surface area contributed by atoms with E-state index in [1.54, 1.807) is 32.2 Å². The van der Waals surface area contributed by atoms with Gasteiger partial charge in [-0.2, -0.15) is 0 Å². The minimum Gasteiger partial charge on any atom is -0.383 e. The lowest BCUT2D eigenvalue weighted by molar-refractivity contribution is -0.128. The molecule has 2 aromatic rings. The van der Waals surface area contributed by atoms with Crippen molar-refractivity contribution in [2.75, 3.05) is 46.4 Å². The molecule has 0 bridgehead atoms. The van der Waals surface area contributed by atoms with Crippen molar-refractivity contribution in [1.82, 2.24) is 15.5 Å². The van der Waals surface area contributed by atoms with Crippen molar-refractivity contribution in [3.05, 3.63) is 71.0 Å².